The Bertz CT molecular complexity index is 93.4. The molecule has 0 bridgehead atoms. The fraction of sp³-hybridized carbons (Fsp3) is 0.200. The second kappa shape index (κ2) is 3.12. The van der Waals surface area contributed by atoms with Crippen molar-refractivity contribution in [2.24, 2.45) is 0 Å². The lowest BCUT2D eigenvalue weighted by Crippen LogP contribution is -1.36. The molecule has 0 aliphatic carbocycles. The van der Waals surface area contributed by atoms with Crippen molar-refractivity contribution in [3.8, 4) is 17.8 Å². The molecule has 0 aliphatic rings. The molecule has 0 aromatic heterocycles. The minimum absolute atomic E-state index is 1.67. The van der Waals surface area contributed by atoms with E-state index >= 15 is 0 Å². The third-order valence-electron chi connectivity index (χ3n) is 0.188. The van der Waals surface area contributed by atoms with Crippen LogP contribution in [0.1, 0.15) is 6.92 Å². The van der Waals surface area contributed by atoms with Gasteiger partial charge < -0.3 is 0 Å². The molecule has 0 aromatic rings. The number of hydrogen-bond acceptors (Lipinski definition) is 0. The van der Waals surface area contributed by atoms with Crippen LogP contribution in [-0.4, -0.2) is 0 Å². The van der Waals surface area contributed by atoms with Crippen LogP contribution in [0.15, 0.2) is 0 Å². The van der Waals surface area contributed by atoms with Crippen molar-refractivity contribution in [3.05, 3.63) is 6.42 Å². The second-order valence-corrected chi connectivity index (χ2v) is 0.500. The molecule has 0 fully saturated rings. The molecule has 0 unspecified atom stereocenters. The first-order chi connectivity index (χ1) is 2.41. The van der Waals surface area contributed by atoms with Crippen LogP contribution in [0.25, 0.3) is 0 Å². The van der Waals surface area contributed by atoms with Crippen molar-refractivity contribution in [3.63, 3.8) is 0 Å². The minimum Gasteiger partial charge on any atom is -0.0925 e. The third kappa shape index (κ3) is 3.12. The molecule has 0 N–H and O–H groups in total. The fourth-order valence-electron chi connectivity index (χ4n) is 0.0625. The van der Waals surface area contributed by atoms with E-state index in [1.54, 1.807) is 6.92 Å². The Labute approximate surface area is 32.2 Å². The van der Waals surface area contributed by atoms with Gasteiger partial charge in [0.05, 0.1) is 0 Å². The van der Waals surface area contributed by atoms with E-state index in [4.69, 9.17) is 6.42 Å². The lowest BCUT2D eigenvalue weighted by Gasteiger charge is -1.41. The first-order valence-electron chi connectivity index (χ1n) is 1.25. The summed E-state index contributed by atoms with van der Waals surface area (Å²) in [5, 5.41) is 0. The lowest BCUT2D eigenvalue weighted by atomic mass is 10.6. The lowest BCUT2D eigenvalue weighted by molar-refractivity contribution is 1.92. The summed E-state index contributed by atoms with van der Waals surface area (Å²) in [7, 11) is 0. The maximum atomic E-state index is 6.18. The van der Waals surface area contributed by atoms with Gasteiger partial charge >= 0.3 is 0 Å². The van der Waals surface area contributed by atoms with E-state index in [2.05, 4.69) is 11.8 Å². The fourth-order valence-corrected chi connectivity index (χ4v) is 0.0625. The van der Waals surface area contributed by atoms with E-state index in [-0.39, 0.29) is 0 Å². The molecular formula is C5H3. The average Bonchev–Trinajstić information content (AvgIpc) is 1.41. The van der Waals surface area contributed by atoms with Gasteiger partial charge in [-0.3, -0.25) is 0 Å². The van der Waals surface area contributed by atoms with Crippen LogP contribution in [0.2, 0.25) is 0 Å². The van der Waals surface area contributed by atoms with Crippen molar-refractivity contribution in [1.29, 1.82) is 0 Å². The molecule has 0 rings (SSSR count). The van der Waals surface area contributed by atoms with Gasteiger partial charge in [-0.2, -0.15) is 0 Å². The maximum absolute atomic E-state index is 6.18. The predicted molar refractivity (Wildman–Crippen MR) is 20.6 cm³/mol. The first-order valence-corrected chi connectivity index (χ1v) is 1.25. The number of rotatable bonds is 0. The van der Waals surface area contributed by atoms with Crippen LogP contribution in [0.5, 0.6) is 0 Å². The topological polar surface area (TPSA) is 0 Å². The van der Waals surface area contributed by atoms with Crippen LogP contribution in [-0.2, 0) is 0 Å². The van der Waals surface area contributed by atoms with Crippen molar-refractivity contribution < 1.29 is 0 Å². The van der Waals surface area contributed by atoms with Gasteiger partial charge in [0.2, 0.25) is 0 Å². The zero-order valence-electron chi connectivity index (χ0n) is 3.00. The minimum atomic E-state index is 1.67. The quantitative estimate of drug-likeness (QED) is 0.361. The highest BCUT2D eigenvalue weighted by molar-refractivity contribution is 5.17. The van der Waals surface area contributed by atoms with E-state index in [9.17, 15) is 0 Å². The van der Waals surface area contributed by atoms with Gasteiger partial charge in [0.25, 0.3) is 0 Å². The highest BCUT2D eigenvalue weighted by Crippen LogP contribution is 1.41. The summed E-state index contributed by atoms with van der Waals surface area (Å²) in [6, 6.07) is 0. The van der Waals surface area contributed by atoms with E-state index in [0.717, 1.165) is 0 Å². The Kier molecular flexibility index (Phi) is 2.57. The van der Waals surface area contributed by atoms with E-state index in [0.29, 0.717) is 0 Å². The third-order valence-corrected chi connectivity index (χ3v) is 0.188. The van der Waals surface area contributed by atoms with Gasteiger partial charge in [-0.1, -0.05) is 5.92 Å². The van der Waals surface area contributed by atoms with Crippen LogP contribution in [0, 0.1) is 24.2 Å². The highest BCUT2D eigenvalue weighted by atomic mass is 13.4. The van der Waals surface area contributed by atoms with Crippen LogP contribution in [0.4, 0.5) is 0 Å². The molecule has 0 atom stereocenters. The largest absolute Gasteiger partial charge is 0.0925 e. The predicted octanol–water partition coefficient (Wildman–Crippen LogP) is 0.599. The van der Waals surface area contributed by atoms with Gasteiger partial charge in [0.15, 0.2) is 0 Å². The summed E-state index contributed by atoms with van der Waals surface area (Å²) in [5.74, 6) is 6.65. The molecule has 0 nitrogen and oxygen atoms in total. The molecule has 23 valence electrons. The van der Waals surface area contributed by atoms with Gasteiger partial charge in [-0.05, 0) is 25.2 Å². The summed E-state index contributed by atoms with van der Waals surface area (Å²) in [6.45, 7) is 1.67. The van der Waals surface area contributed by atoms with Crippen molar-refractivity contribution in [1.82, 2.24) is 0 Å². The SMILES string of the molecule is [C]#CC#CC. The Morgan fingerprint density at radius 1 is 1.60 bits per heavy atom. The van der Waals surface area contributed by atoms with E-state index in [1.807, 2.05) is 5.92 Å². The molecule has 0 heteroatoms. The molecule has 0 saturated heterocycles. The summed E-state index contributed by atoms with van der Waals surface area (Å²) in [4.78, 5) is 0. The average molecular weight is 63.1 g/mol. The van der Waals surface area contributed by atoms with Crippen molar-refractivity contribution >= 4 is 0 Å². The molecule has 0 spiro atoms. The molecule has 0 aliphatic heterocycles. The highest BCUT2D eigenvalue weighted by Gasteiger charge is 1.36. The van der Waals surface area contributed by atoms with Crippen LogP contribution in [0.3, 0.4) is 0 Å². The summed E-state index contributed by atoms with van der Waals surface area (Å²) in [6.07, 6.45) is 6.18. The normalized spacial score (nSPS) is 3.20. The molecular weight excluding hydrogens is 60.1 g/mol. The first kappa shape index (κ1) is 4.12. The Hall–Kier alpha value is -0.880. The molecule has 0 heterocycles. The van der Waals surface area contributed by atoms with Gasteiger partial charge in [0.1, 0.15) is 0 Å². The smallest absolute Gasteiger partial charge is 0.0000347 e. The van der Waals surface area contributed by atoms with Crippen LogP contribution < -0.4 is 0 Å². The standard InChI is InChI=1S/C5H3/c1-3-5-4-2/h1H3. The second-order valence-electron chi connectivity index (χ2n) is 0.500. The zero-order valence-corrected chi connectivity index (χ0v) is 3.00. The van der Waals surface area contributed by atoms with Crippen LogP contribution >= 0.6 is 0 Å². The molecule has 0 aromatic carbocycles. The monoisotopic (exact) mass is 63.0 g/mol. The molecule has 0 amide bonds. The molecule has 0 saturated carbocycles. The molecule has 5 heavy (non-hydrogen) atoms. The van der Waals surface area contributed by atoms with Crippen molar-refractivity contribution in [2.75, 3.05) is 0 Å². The van der Waals surface area contributed by atoms with Gasteiger partial charge in [-0.25, -0.2) is 0 Å². The summed E-state index contributed by atoms with van der Waals surface area (Å²) >= 11 is 0. The molecule has 1 radical (unpaired) electrons. The Morgan fingerprint density at radius 2 is 2.20 bits per heavy atom. The van der Waals surface area contributed by atoms with Gasteiger partial charge in [-0.15, -0.1) is 0 Å². The Balaban J connectivity index is 3.30. The van der Waals surface area contributed by atoms with E-state index in [1.165, 1.54) is 0 Å². The number of hydrogen-bond donors (Lipinski definition) is 0. The Morgan fingerprint density at radius 3 is 2.20 bits per heavy atom. The van der Waals surface area contributed by atoms with Gasteiger partial charge in [0, 0.05) is 0 Å². The summed E-state index contributed by atoms with van der Waals surface area (Å²) in [5.41, 5.74) is 0. The zero-order chi connectivity index (χ0) is 4.12. The van der Waals surface area contributed by atoms with E-state index < -0.39 is 0 Å². The summed E-state index contributed by atoms with van der Waals surface area (Å²) < 4.78 is 0. The maximum Gasteiger partial charge on any atom is -0.0000347 e. The van der Waals surface area contributed by atoms with Crippen molar-refractivity contribution in [2.45, 2.75) is 6.92 Å².